The molecule has 2 rings (SSSR count). The van der Waals surface area contributed by atoms with E-state index in [1.54, 1.807) is 5.38 Å². The van der Waals surface area contributed by atoms with E-state index in [4.69, 9.17) is 0 Å². The summed E-state index contributed by atoms with van der Waals surface area (Å²) in [7, 11) is 0. The molecule has 0 saturated carbocycles. The predicted octanol–water partition coefficient (Wildman–Crippen LogP) is 2.62. The molecule has 1 aliphatic heterocycles. The normalized spacial score (nSPS) is 22.6. The second-order valence-electron chi connectivity index (χ2n) is 3.74. The second kappa shape index (κ2) is 4.17. The molecule has 1 aliphatic rings. The van der Waals surface area contributed by atoms with Crippen LogP contribution in [0.1, 0.15) is 32.6 Å². The molecule has 0 amide bonds. The van der Waals surface area contributed by atoms with Gasteiger partial charge >= 0.3 is 0 Å². The number of aromatic hydroxyl groups is 1. The second-order valence-corrected chi connectivity index (χ2v) is 4.58. The van der Waals surface area contributed by atoms with Crippen molar-refractivity contribution in [1.82, 2.24) is 4.98 Å². The van der Waals surface area contributed by atoms with E-state index in [1.165, 1.54) is 37.0 Å². The lowest BCUT2D eigenvalue weighted by atomic mass is 10.0. The van der Waals surface area contributed by atoms with E-state index >= 15 is 0 Å². The first-order valence-electron chi connectivity index (χ1n) is 5.22. The Bertz CT molecular complexity index is 300. The summed E-state index contributed by atoms with van der Waals surface area (Å²) in [4.78, 5) is 6.47. The molecule has 78 valence electrons. The summed E-state index contributed by atoms with van der Waals surface area (Å²) in [6.07, 6.45) is 5.00. The minimum Gasteiger partial charge on any atom is -0.493 e. The van der Waals surface area contributed by atoms with E-state index in [-0.39, 0.29) is 5.88 Å². The fourth-order valence-electron chi connectivity index (χ4n) is 2.06. The van der Waals surface area contributed by atoms with Crippen LogP contribution < -0.4 is 4.90 Å². The van der Waals surface area contributed by atoms with E-state index in [2.05, 4.69) is 16.8 Å². The van der Waals surface area contributed by atoms with E-state index in [0.717, 1.165) is 11.7 Å². The highest BCUT2D eigenvalue weighted by molar-refractivity contribution is 7.13. The molecule has 4 heteroatoms. The number of piperidine rings is 1. The highest BCUT2D eigenvalue weighted by Gasteiger charge is 2.23. The molecule has 3 nitrogen and oxygen atoms in total. The fourth-order valence-corrected chi connectivity index (χ4v) is 2.85. The Morgan fingerprint density at radius 3 is 3.14 bits per heavy atom. The van der Waals surface area contributed by atoms with E-state index in [9.17, 15) is 5.11 Å². The van der Waals surface area contributed by atoms with Crippen molar-refractivity contribution in [2.75, 3.05) is 11.4 Å². The molecule has 1 fully saturated rings. The third kappa shape index (κ3) is 1.85. The van der Waals surface area contributed by atoms with E-state index in [1.807, 2.05) is 0 Å². The molecule has 1 unspecified atom stereocenters. The summed E-state index contributed by atoms with van der Waals surface area (Å²) in [6.45, 7) is 3.31. The van der Waals surface area contributed by atoms with Crippen LogP contribution in [-0.4, -0.2) is 22.7 Å². The SMILES string of the molecule is CCC1CCCCN1c1nc(O)cs1. The first-order chi connectivity index (χ1) is 6.81. The van der Waals surface area contributed by atoms with E-state index < -0.39 is 0 Å². The molecule has 0 aromatic carbocycles. The summed E-state index contributed by atoms with van der Waals surface area (Å²) >= 11 is 1.54. The predicted molar refractivity (Wildman–Crippen MR) is 59.1 cm³/mol. The number of anilines is 1. The number of thiazole rings is 1. The van der Waals surface area contributed by atoms with Crippen LogP contribution in [0.3, 0.4) is 0 Å². The van der Waals surface area contributed by atoms with Gasteiger partial charge in [-0.15, -0.1) is 11.3 Å². The van der Waals surface area contributed by atoms with Crippen LogP contribution in [-0.2, 0) is 0 Å². The van der Waals surface area contributed by atoms with Gasteiger partial charge in [-0.3, -0.25) is 0 Å². The lowest BCUT2D eigenvalue weighted by molar-refractivity contribution is 0.439. The standard InChI is InChI=1S/C10H16N2OS/c1-2-8-5-3-4-6-12(8)10-11-9(13)7-14-10/h7-8,13H,2-6H2,1H3. The molecule has 1 aromatic rings. The molecule has 0 aliphatic carbocycles. The molecule has 1 N–H and O–H groups in total. The Balaban J connectivity index is 2.14. The smallest absolute Gasteiger partial charge is 0.223 e. The quantitative estimate of drug-likeness (QED) is 0.818. The molecule has 1 saturated heterocycles. The molecule has 2 heterocycles. The monoisotopic (exact) mass is 212 g/mol. The zero-order valence-corrected chi connectivity index (χ0v) is 9.26. The van der Waals surface area contributed by atoms with Crippen molar-refractivity contribution in [3.05, 3.63) is 5.38 Å². The number of hydrogen-bond acceptors (Lipinski definition) is 4. The Morgan fingerprint density at radius 1 is 1.64 bits per heavy atom. The number of rotatable bonds is 2. The van der Waals surface area contributed by atoms with Gasteiger partial charge in [-0.2, -0.15) is 4.98 Å². The first kappa shape index (κ1) is 9.77. The summed E-state index contributed by atoms with van der Waals surface area (Å²) < 4.78 is 0. The van der Waals surface area contributed by atoms with Crippen molar-refractivity contribution in [2.24, 2.45) is 0 Å². The highest BCUT2D eigenvalue weighted by Crippen LogP contribution is 2.30. The van der Waals surface area contributed by atoms with Crippen molar-refractivity contribution >= 4 is 16.5 Å². The zero-order chi connectivity index (χ0) is 9.97. The number of nitrogens with zero attached hydrogens (tertiary/aromatic N) is 2. The number of aromatic nitrogens is 1. The Morgan fingerprint density at radius 2 is 2.50 bits per heavy atom. The lowest BCUT2D eigenvalue weighted by Gasteiger charge is -2.34. The van der Waals surface area contributed by atoms with Crippen molar-refractivity contribution < 1.29 is 5.11 Å². The highest BCUT2D eigenvalue weighted by atomic mass is 32.1. The average Bonchev–Trinajstić information content (AvgIpc) is 2.65. The minimum absolute atomic E-state index is 0.158. The van der Waals surface area contributed by atoms with E-state index in [0.29, 0.717) is 6.04 Å². The lowest BCUT2D eigenvalue weighted by Crippen LogP contribution is -2.38. The van der Waals surface area contributed by atoms with Crippen molar-refractivity contribution in [3.8, 4) is 5.88 Å². The van der Waals surface area contributed by atoms with Gasteiger partial charge in [0.25, 0.3) is 0 Å². The molecule has 0 radical (unpaired) electrons. The van der Waals surface area contributed by atoms with Crippen LogP contribution in [0.5, 0.6) is 5.88 Å². The molecule has 1 atom stereocenters. The van der Waals surface area contributed by atoms with Crippen molar-refractivity contribution in [2.45, 2.75) is 38.6 Å². The molecule has 0 spiro atoms. The van der Waals surface area contributed by atoms with Gasteiger partial charge in [-0.25, -0.2) is 0 Å². The van der Waals surface area contributed by atoms with Gasteiger partial charge in [0.2, 0.25) is 5.88 Å². The van der Waals surface area contributed by atoms with Crippen LogP contribution in [0, 0.1) is 0 Å². The summed E-state index contributed by atoms with van der Waals surface area (Å²) in [5.74, 6) is 0.158. The summed E-state index contributed by atoms with van der Waals surface area (Å²) in [6, 6.07) is 0.620. The third-order valence-electron chi connectivity index (χ3n) is 2.82. The fraction of sp³-hybridized carbons (Fsp3) is 0.700. The Hall–Kier alpha value is -0.770. The largest absolute Gasteiger partial charge is 0.493 e. The third-order valence-corrected chi connectivity index (χ3v) is 3.69. The van der Waals surface area contributed by atoms with Gasteiger partial charge in [0, 0.05) is 12.6 Å². The maximum Gasteiger partial charge on any atom is 0.223 e. The minimum atomic E-state index is 0.158. The van der Waals surface area contributed by atoms with Crippen LogP contribution in [0.4, 0.5) is 5.13 Å². The van der Waals surface area contributed by atoms with Gasteiger partial charge in [-0.05, 0) is 25.7 Å². The topological polar surface area (TPSA) is 36.4 Å². The van der Waals surface area contributed by atoms with Gasteiger partial charge < -0.3 is 10.0 Å². The van der Waals surface area contributed by atoms with Crippen LogP contribution in [0.2, 0.25) is 0 Å². The maximum atomic E-state index is 9.22. The molecular weight excluding hydrogens is 196 g/mol. The summed E-state index contributed by atoms with van der Waals surface area (Å²) in [5.41, 5.74) is 0. The summed E-state index contributed by atoms with van der Waals surface area (Å²) in [5, 5.41) is 11.9. The van der Waals surface area contributed by atoms with Gasteiger partial charge in [0.05, 0.1) is 5.38 Å². The van der Waals surface area contributed by atoms with Crippen molar-refractivity contribution in [3.63, 3.8) is 0 Å². The molecular formula is C10H16N2OS. The number of hydrogen-bond donors (Lipinski definition) is 1. The average molecular weight is 212 g/mol. The maximum absolute atomic E-state index is 9.22. The first-order valence-corrected chi connectivity index (χ1v) is 6.10. The zero-order valence-electron chi connectivity index (χ0n) is 8.44. The van der Waals surface area contributed by atoms with Crippen LogP contribution >= 0.6 is 11.3 Å². The molecule has 1 aromatic heterocycles. The van der Waals surface area contributed by atoms with Gasteiger partial charge in [0.1, 0.15) is 0 Å². The molecule has 14 heavy (non-hydrogen) atoms. The Labute approximate surface area is 88.4 Å². The van der Waals surface area contributed by atoms with Crippen LogP contribution in [0.25, 0.3) is 0 Å². The van der Waals surface area contributed by atoms with Crippen LogP contribution in [0.15, 0.2) is 5.38 Å². The molecule has 0 bridgehead atoms. The van der Waals surface area contributed by atoms with Gasteiger partial charge in [0.15, 0.2) is 5.13 Å². The van der Waals surface area contributed by atoms with Crippen molar-refractivity contribution in [1.29, 1.82) is 0 Å². The Kier molecular flexibility index (Phi) is 2.91. The van der Waals surface area contributed by atoms with Gasteiger partial charge in [-0.1, -0.05) is 6.92 Å².